The van der Waals surface area contributed by atoms with Gasteiger partial charge in [-0.3, -0.25) is 9.59 Å². The van der Waals surface area contributed by atoms with Gasteiger partial charge in [-0.05, 0) is 33.1 Å². The molecular formula is C15H26N2O2. The van der Waals surface area contributed by atoms with E-state index in [1.54, 1.807) is 0 Å². The average molecular weight is 266 g/mol. The number of hydrogen-bond donors (Lipinski definition) is 1. The van der Waals surface area contributed by atoms with Gasteiger partial charge in [0.25, 0.3) is 0 Å². The Morgan fingerprint density at radius 2 is 2.00 bits per heavy atom. The van der Waals surface area contributed by atoms with Gasteiger partial charge >= 0.3 is 0 Å². The van der Waals surface area contributed by atoms with Crippen LogP contribution in [0.25, 0.3) is 0 Å². The lowest BCUT2D eigenvalue weighted by Gasteiger charge is -2.27. The first-order chi connectivity index (χ1) is 8.93. The topological polar surface area (TPSA) is 49.4 Å². The maximum absolute atomic E-state index is 12.2. The number of carbonyl (C=O) groups is 2. The molecule has 4 heteroatoms. The van der Waals surface area contributed by atoms with E-state index in [2.05, 4.69) is 12.2 Å². The molecule has 1 saturated heterocycles. The first-order valence-electron chi connectivity index (χ1n) is 7.54. The highest BCUT2D eigenvalue weighted by molar-refractivity contribution is 5.89. The van der Waals surface area contributed by atoms with Crippen molar-refractivity contribution in [3.63, 3.8) is 0 Å². The van der Waals surface area contributed by atoms with Crippen LogP contribution in [0.4, 0.5) is 0 Å². The van der Waals surface area contributed by atoms with Gasteiger partial charge in [-0.2, -0.15) is 0 Å². The van der Waals surface area contributed by atoms with Crippen LogP contribution in [0.5, 0.6) is 0 Å². The SMILES string of the molecule is CCC(C)(C)NC(=O)[C@@H]1CC(=O)N(C2CCCC2)C1. The van der Waals surface area contributed by atoms with Gasteiger partial charge in [0.1, 0.15) is 0 Å². The number of hydrogen-bond acceptors (Lipinski definition) is 2. The monoisotopic (exact) mass is 266 g/mol. The predicted molar refractivity (Wildman–Crippen MR) is 74.6 cm³/mol. The second kappa shape index (κ2) is 5.51. The van der Waals surface area contributed by atoms with Crippen molar-refractivity contribution in [3.05, 3.63) is 0 Å². The molecule has 0 aromatic rings. The molecule has 1 saturated carbocycles. The van der Waals surface area contributed by atoms with Crippen molar-refractivity contribution in [2.45, 2.75) is 70.9 Å². The fourth-order valence-corrected chi connectivity index (χ4v) is 3.00. The van der Waals surface area contributed by atoms with Crippen molar-refractivity contribution in [2.75, 3.05) is 6.54 Å². The summed E-state index contributed by atoms with van der Waals surface area (Å²) in [5, 5.41) is 3.06. The fourth-order valence-electron chi connectivity index (χ4n) is 3.00. The van der Waals surface area contributed by atoms with E-state index in [1.165, 1.54) is 12.8 Å². The molecule has 0 aromatic carbocycles. The zero-order valence-electron chi connectivity index (χ0n) is 12.4. The third-order valence-corrected chi connectivity index (χ3v) is 4.64. The maximum Gasteiger partial charge on any atom is 0.225 e. The van der Waals surface area contributed by atoms with E-state index in [9.17, 15) is 9.59 Å². The summed E-state index contributed by atoms with van der Waals surface area (Å²) in [5.74, 6) is 0.0565. The highest BCUT2D eigenvalue weighted by atomic mass is 16.2. The highest BCUT2D eigenvalue weighted by Gasteiger charge is 2.39. The van der Waals surface area contributed by atoms with E-state index in [0.29, 0.717) is 19.0 Å². The summed E-state index contributed by atoms with van der Waals surface area (Å²) >= 11 is 0. The second-order valence-electron chi connectivity index (χ2n) is 6.61. The molecule has 2 fully saturated rings. The Balaban J connectivity index is 1.93. The van der Waals surface area contributed by atoms with Gasteiger partial charge in [-0.1, -0.05) is 19.8 Å². The number of amides is 2. The Morgan fingerprint density at radius 3 is 2.58 bits per heavy atom. The summed E-state index contributed by atoms with van der Waals surface area (Å²) in [7, 11) is 0. The van der Waals surface area contributed by atoms with E-state index in [1.807, 2.05) is 18.7 Å². The van der Waals surface area contributed by atoms with Crippen LogP contribution in [0.15, 0.2) is 0 Å². The van der Waals surface area contributed by atoms with Gasteiger partial charge in [0.05, 0.1) is 5.92 Å². The second-order valence-corrected chi connectivity index (χ2v) is 6.61. The Hall–Kier alpha value is -1.06. The summed E-state index contributed by atoms with van der Waals surface area (Å²) in [5.41, 5.74) is -0.180. The zero-order valence-corrected chi connectivity index (χ0v) is 12.4. The highest BCUT2D eigenvalue weighted by Crippen LogP contribution is 2.29. The lowest BCUT2D eigenvalue weighted by atomic mass is 9.99. The Bertz CT molecular complexity index is 359. The van der Waals surface area contributed by atoms with Crippen molar-refractivity contribution in [3.8, 4) is 0 Å². The van der Waals surface area contributed by atoms with E-state index in [4.69, 9.17) is 0 Å². The van der Waals surface area contributed by atoms with E-state index < -0.39 is 0 Å². The summed E-state index contributed by atoms with van der Waals surface area (Å²) in [6, 6.07) is 0.393. The van der Waals surface area contributed by atoms with Crippen LogP contribution in [-0.4, -0.2) is 34.8 Å². The molecule has 0 unspecified atom stereocenters. The van der Waals surface area contributed by atoms with Crippen molar-refractivity contribution in [1.29, 1.82) is 0 Å². The molecule has 108 valence electrons. The number of nitrogens with zero attached hydrogens (tertiary/aromatic N) is 1. The summed E-state index contributed by atoms with van der Waals surface area (Å²) in [6.45, 7) is 6.73. The normalized spacial score (nSPS) is 25.1. The summed E-state index contributed by atoms with van der Waals surface area (Å²) in [6.07, 6.45) is 5.94. The molecule has 1 N–H and O–H groups in total. The molecule has 1 heterocycles. The maximum atomic E-state index is 12.2. The Labute approximate surface area is 115 Å². The van der Waals surface area contributed by atoms with Crippen LogP contribution >= 0.6 is 0 Å². The smallest absolute Gasteiger partial charge is 0.225 e. The molecule has 0 aromatic heterocycles. The summed E-state index contributed by atoms with van der Waals surface area (Å²) < 4.78 is 0. The molecular weight excluding hydrogens is 240 g/mol. The van der Waals surface area contributed by atoms with Gasteiger partial charge in [0.15, 0.2) is 0 Å². The third-order valence-electron chi connectivity index (χ3n) is 4.64. The molecule has 1 atom stereocenters. The molecule has 2 rings (SSSR count). The molecule has 19 heavy (non-hydrogen) atoms. The predicted octanol–water partition coefficient (Wildman–Crippen LogP) is 2.08. The summed E-state index contributed by atoms with van der Waals surface area (Å²) in [4.78, 5) is 26.2. The fraction of sp³-hybridized carbons (Fsp3) is 0.867. The van der Waals surface area contributed by atoms with Crippen LogP contribution < -0.4 is 5.32 Å². The first kappa shape index (κ1) is 14.4. The molecule has 0 radical (unpaired) electrons. The number of rotatable bonds is 4. The number of nitrogens with one attached hydrogen (secondary N) is 1. The molecule has 0 bridgehead atoms. The average Bonchev–Trinajstić information content (AvgIpc) is 2.97. The standard InChI is InChI=1S/C15H26N2O2/c1-4-15(2,3)16-14(19)11-9-13(18)17(10-11)12-7-5-6-8-12/h11-12H,4-10H2,1-3H3,(H,16,19)/t11-/m1/s1. The molecule has 4 nitrogen and oxygen atoms in total. The van der Waals surface area contributed by atoms with Crippen LogP contribution in [0.2, 0.25) is 0 Å². The van der Waals surface area contributed by atoms with Crippen molar-refractivity contribution >= 4 is 11.8 Å². The first-order valence-corrected chi connectivity index (χ1v) is 7.54. The van der Waals surface area contributed by atoms with Crippen LogP contribution in [-0.2, 0) is 9.59 Å². The van der Waals surface area contributed by atoms with E-state index >= 15 is 0 Å². The van der Waals surface area contributed by atoms with Gasteiger partial charge in [-0.25, -0.2) is 0 Å². The van der Waals surface area contributed by atoms with Gasteiger partial charge in [-0.15, -0.1) is 0 Å². The quantitative estimate of drug-likeness (QED) is 0.847. The lowest BCUT2D eigenvalue weighted by molar-refractivity contribution is -0.130. The van der Waals surface area contributed by atoms with Crippen molar-refractivity contribution < 1.29 is 9.59 Å². The number of likely N-dealkylation sites (tertiary alicyclic amines) is 1. The van der Waals surface area contributed by atoms with Gasteiger partial charge < -0.3 is 10.2 Å². The molecule has 0 spiro atoms. The van der Waals surface area contributed by atoms with E-state index in [0.717, 1.165) is 19.3 Å². The minimum atomic E-state index is -0.180. The molecule has 2 aliphatic rings. The Kier molecular flexibility index (Phi) is 4.16. The molecule has 2 amide bonds. The third kappa shape index (κ3) is 3.28. The largest absolute Gasteiger partial charge is 0.351 e. The van der Waals surface area contributed by atoms with Gasteiger partial charge in [0, 0.05) is 24.5 Å². The minimum absolute atomic E-state index is 0.0423. The van der Waals surface area contributed by atoms with Crippen molar-refractivity contribution in [2.24, 2.45) is 5.92 Å². The van der Waals surface area contributed by atoms with Crippen molar-refractivity contribution in [1.82, 2.24) is 10.2 Å². The molecule has 1 aliphatic heterocycles. The Morgan fingerprint density at radius 1 is 1.37 bits per heavy atom. The number of carbonyl (C=O) groups excluding carboxylic acids is 2. The minimum Gasteiger partial charge on any atom is -0.351 e. The molecule has 1 aliphatic carbocycles. The lowest BCUT2D eigenvalue weighted by Crippen LogP contribution is -2.46. The van der Waals surface area contributed by atoms with Crippen LogP contribution in [0.3, 0.4) is 0 Å². The van der Waals surface area contributed by atoms with Gasteiger partial charge in [0.2, 0.25) is 11.8 Å². The van der Waals surface area contributed by atoms with Crippen LogP contribution in [0.1, 0.15) is 59.3 Å². The van der Waals surface area contributed by atoms with E-state index in [-0.39, 0.29) is 23.3 Å². The zero-order chi connectivity index (χ0) is 14.0. The van der Waals surface area contributed by atoms with Crippen LogP contribution in [0, 0.1) is 5.92 Å².